The summed E-state index contributed by atoms with van der Waals surface area (Å²) >= 11 is 9.18. The lowest BCUT2D eigenvalue weighted by molar-refractivity contribution is 0.196. The Hall–Kier alpha value is -0.300. The van der Waals surface area contributed by atoms with Crippen molar-refractivity contribution >= 4 is 43.2 Å². The van der Waals surface area contributed by atoms with E-state index in [0.29, 0.717) is 28.3 Å². The average Bonchev–Trinajstić information content (AvgIpc) is 2.33. The number of nitrogens with zero attached hydrogens (tertiary/aromatic N) is 1. The van der Waals surface area contributed by atoms with Crippen molar-refractivity contribution in [1.82, 2.24) is 4.31 Å². The lowest BCUT2D eigenvalue weighted by atomic mass is 9.83. The van der Waals surface area contributed by atoms with Gasteiger partial charge in [0.05, 0.1) is 9.37 Å². The zero-order chi connectivity index (χ0) is 15.1. The first-order valence-corrected chi connectivity index (χ1v) is 8.99. The fraction of sp³-hybridized carbons (Fsp3) is 0.538. The van der Waals surface area contributed by atoms with Crippen LogP contribution in [0.25, 0.3) is 0 Å². The van der Waals surface area contributed by atoms with Crippen molar-refractivity contribution in [3.63, 3.8) is 0 Å². The third-order valence-corrected chi connectivity index (χ3v) is 7.01. The van der Waals surface area contributed by atoms with Crippen molar-refractivity contribution in [1.29, 1.82) is 0 Å². The quantitative estimate of drug-likeness (QED) is 0.798. The molecule has 4 nitrogen and oxygen atoms in total. The third kappa shape index (κ3) is 3.13. The minimum atomic E-state index is -3.57. The maximum atomic E-state index is 12.7. The van der Waals surface area contributed by atoms with Crippen molar-refractivity contribution in [2.24, 2.45) is 5.41 Å². The number of rotatable bonds is 2. The molecule has 112 valence electrons. The standard InChI is InChI=1S/C13H18BrClN2O2S/c1-13(2)3-5-17(6-4-13)20(18,19)11-8-9(15)7-10(16)12(11)14/h7-8H,3-6,16H2,1-2H3. The van der Waals surface area contributed by atoms with Gasteiger partial charge in [-0.2, -0.15) is 4.31 Å². The molecular formula is C13H18BrClN2O2S. The second-order valence-electron chi connectivity index (χ2n) is 5.88. The number of anilines is 1. The van der Waals surface area contributed by atoms with E-state index in [9.17, 15) is 8.42 Å². The van der Waals surface area contributed by atoms with E-state index in [0.717, 1.165) is 12.8 Å². The Bertz CT molecular complexity index is 622. The summed E-state index contributed by atoms with van der Waals surface area (Å²) in [4.78, 5) is 0.141. The minimum Gasteiger partial charge on any atom is -0.398 e. The van der Waals surface area contributed by atoms with Gasteiger partial charge >= 0.3 is 0 Å². The highest BCUT2D eigenvalue weighted by atomic mass is 79.9. The van der Waals surface area contributed by atoms with E-state index >= 15 is 0 Å². The van der Waals surface area contributed by atoms with Gasteiger partial charge in [-0.15, -0.1) is 0 Å². The van der Waals surface area contributed by atoms with Gasteiger partial charge in [0.15, 0.2) is 0 Å². The summed E-state index contributed by atoms with van der Waals surface area (Å²) in [6, 6.07) is 2.97. The number of hydrogen-bond donors (Lipinski definition) is 1. The molecule has 0 saturated carbocycles. The van der Waals surface area contributed by atoms with Crippen molar-refractivity contribution in [2.75, 3.05) is 18.8 Å². The van der Waals surface area contributed by atoms with Crippen LogP contribution < -0.4 is 5.73 Å². The van der Waals surface area contributed by atoms with E-state index in [4.69, 9.17) is 17.3 Å². The topological polar surface area (TPSA) is 63.4 Å². The van der Waals surface area contributed by atoms with Crippen LogP contribution in [0.3, 0.4) is 0 Å². The Balaban J connectivity index is 2.37. The Labute approximate surface area is 133 Å². The fourth-order valence-electron chi connectivity index (χ4n) is 2.24. The van der Waals surface area contributed by atoms with Crippen LogP contribution in [0.5, 0.6) is 0 Å². The average molecular weight is 382 g/mol. The Morgan fingerprint density at radius 3 is 2.40 bits per heavy atom. The van der Waals surface area contributed by atoms with Crippen LogP contribution in [0, 0.1) is 5.41 Å². The van der Waals surface area contributed by atoms with Gasteiger partial charge in [0.2, 0.25) is 10.0 Å². The molecule has 1 aliphatic heterocycles. The zero-order valence-electron chi connectivity index (χ0n) is 11.5. The number of hydrogen-bond acceptors (Lipinski definition) is 3. The number of benzene rings is 1. The molecule has 2 N–H and O–H groups in total. The Morgan fingerprint density at radius 2 is 1.85 bits per heavy atom. The monoisotopic (exact) mass is 380 g/mol. The second kappa shape index (κ2) is 5.48. The lowest BCUT2D eigenvalue weighted by Crippen LogP contribution is -2.41. The minimum absolute atomic E-state index is 0.141. The molecule has 1 fully saturated rings. The van der Waals surface area contributed by atoms with Gasteiger partial charge in [0.1, 0.15) is 0 Å². The number of piperidine rings is 1. The van der Waals surface area contributed by atoms with Gasteiger partial charge in [0, 0.05) is 23.8 Å². The predicted molar refractivity (Wildman–Crippen MR) is 85.3 cm³/mol. The Kier molecular flexibility index (Phi) is 4.40. The summed E-state index contributed by atoms with van der Waals surface area (Å²) in [7, 11) is -3.57. The van der Waals surface area contributed by atoms with E-state index in [1.165, 1.54) is 16.4 Å². The molecule has 0 aromatic heterocycles. The van der Waals surface area contributed by atoms with E-state index in [1.54, 1.807) is 0 Å². The summed E-state index contributed by atoms with van der Waals surface area (Å²) in [5.41, 5.74) is 6.29. The van der Waals surface area contributed by atoms with Gasteiger partial charge in [-0.1, -0.05) is 25.4 Å². The van der Waals surface area contributed by atoms with Crippen LogP contribution in [-0.4, -0.2) is 25.8 Å². The maximum absolute atomic E-state index is 12.7. The number of nitrogens with two attached hydrogens (primary N) is 1. The molecule has 1 saturated heterocycles. The van der Waals surface area contributed by atoms with Crippen LogP contribution >= 0.6 is 27.5 Å². The molecule has 0 radical (unpaired) electrons. The van der Waals surface area contributed by atoms with Gasteiger partial charge in [-0.05, 0) is 46.3 Å². The fourth-order valence-corrected chi connectivity index (χ4v) is 4.94. The first kappa shape index (κ1) is 16.1. The van der Waals surface area contributed by atoms with Crippen LogP contribution in [0.4, 0.5) is 5.69 Å². The molecule has 0 atom stereocenters. The second-order valence-corrected chi connectivity index (χ2v) is 9.01. The molecule has 7 heteroatoms. The molecule has 0 aliphatic carbocycles. The molecular weight excluding hydrogens is 364 g/mol. The Morgan fingerprint density at radius 1 is 1.30 bits per heavy atom. The highest BCUT2D eigenvalue weighted by molar-refractivity contribution is 9.10. The van der Waals surface area contributed by atoms with E-state index in [2.05, 4.69) is 29.8 Å². The smallest absolute Gasteiger partial charge is 0.244 e. The highest BCUT2D eigenvalue weighted by Gasteiger charge is 2.34. The van der Waals surface area contributed by atoms with Crippen molar-refractivity contribution in [2.45, 2.75) is 31.6 Å². The molecule has 0 spiro atoms. The molecule has 20 heavy (non-hydrogen) atoms. The van der Waals surface area contributed by atoms with Gasteiger partial charge in [-0.3, -0.25) is 0 Å². The SMILES string of the molecule is CC1(C)CCN(S(=O)(=O)c2cc(Cl)cc(N)c2Br)CC1. The third-order valence-electron chi connectivity index (χ3n) is 3.73. The maximum Gasteiger partial charge on any atom is 0.244 e. The summed E-state index contributed by atoms with van der Waals surface area (Å²) in [5, 5.41) is 0.321. The molecule has 0 amide bonds. The number of sulfonamides is 1. The van der Waals surface area contributed by atoms with E-state index in [1.807, 2.05) is 0 Å². The number of nitrogen functional groups attached to an aromatic ring is 1. The molecule has 0 bridgehead atoms. The van der Waals surface area contributed by atoms with Crippen LogP contribution in [0.2, 0.25) is 5.02 Å². The molecule has 1 aromatic carbocycles. The van der Waals surface area contributed by atoms with E-state index < -0.39 is 10.0 Å². The molecule has 1 heterocycles. The van der Waals surface area contributed by atoms with Gasteiger partial charge in [0.25, 0.3) is 0 Å². The first-order chi connectivity index (χ1) is 9.13. The van der Waals surface area contributed by atoms with Crippen molar-refractivity contribution < 1.29 is 8.42 Å². The summed E-state index contributed by atoms with van der Waals surface area (Å²) in [6.45, 7) is 5.36. The molecule has 1 aromatic rings. The summed E-state index contributed by atoms with van der Waals surface area (Å²) < 4.78 is 27.3. The summed E-state index contributed by atoms with van der Waals surface area (Å²) in [6.07, 6.45) is 1.69. The van der Waals surface area contributed by atoms with Crippen molar-refractivity contribution in [3.8, 4) is 0 Å². The zero-order valence-corrected chi connectivity index (χ0v) is 14.6. The first-order valence-electron chi connectivity index (χ1n) is 6.38. The van der Waals surface area contributed by atoms with E-state index in [-0.39, 0.29) is 10.3 Å². The molecule has 1 aliphatic rings. The molecule has 2 rings (SSSR count). The molecule has 0 unspecified atom stereocenters. The van der Waals surface area contributed by atoms with Crippen LogP contribution in [-0.2, 0) is 10.0 Å². The van der Waals surface area contributed by atoms with Crippen LogP contribution in [0.15, 0.2) is 21.5 Å². The van der Waals surface area contributed by atoms with Gasteiger partial charge in [-0.25, -0.2) is 8.42 Å². The number of halogens is 2. The summed E-state index contributed by atoms with van der Waals surface area (Å²) in [5.74, 6) is 0. The largest absolute Gasteiger partial charge is 0.398 e. The highest BCUT2D eigenvalue weighted by Crippen LogP contribution is 2.36. The van der Waals surface area contributed by atoms with Gasteiger partial charge < -0.3 is 5.73 Å². The lowest BCUT2D eigenvalue weighted by Gasteiger charge is -2.36. The predicted octanol–water partition coefficient (Wildman–Crippen LogP) is 3.50. The van der Waals surface area contributed by atoms with Crippen molar-refractivity contribution in [3.05, 3.63) is 21.6 Å². The van der Waals surface area contributed by atoms with Crippen LogP contribution in [0.1, 0.15) is 26.7 Å². The normalized spacial score (nSPS) is 20.0.